The Morgan fingerprint density at radius 3 is 2.88 bits per heavy atom. The fourth-order valence-electron chi connectivity index (χ4n) is 3.40. The van der Waals surface area contributed by atoms with Gasteiger partial charge in [-0.05, 0) is 43.4 Å². The van der Waals surface area contributed by atoms with Crippen molar-refractivity contribution in [1.82, 2.24) is 14.4 Å². The lowest BCUT2D eigenvalue weighted by Crippen LogP contribution is -2.34. The summed E-state index contributed by atoms with van der Waals surface area (Å²) in [4.78, 5) is 11.4. The molecule has 126 valence electrons. The highest BCUT2D eigenvalue weighted by molar-refractivity contribution is 5.85. The Hall–Kier alpha value is -2.37. The Balaban J connectivity index is 1.58. The molecule has 0 bridgehead atoms. The molecule has 2 aromatic heterocycles. The van der Waals surface area contributed by atoms with Gasteiger partial charge < -0.3 is 9.64 Å². The number of piperidine rings is 1. The number of methoxy groups -OCH3 is 1. The summed E-state index contributed by atoms with van der Waals surface area (Å²) >= 11 is 0. The molecule has 5 nitrogen and oxygen atoms in total. The first-order valence-electron chi connectivity index (χ1n) is 9.20. The van der Waals surface area contributed by atoms with Gasteiger partial charge in [0.05, 0.1) is 22.0 Å². The summed E-state index contributed by atoms with van der Waals surface area (Å²) < 4.78 is 34.8. The second kappa shape index (κ2) is 6.26. The summed E-state index contributed by atoms with van der Waals surface area (Å²) in [5, 5.41) is 0. The van der Waals surface area contributed by atoms with Gasteiger partial charge in [0.25, 0.3) is 0 Å². The molecule has 0 amide bonds. The van der Waals surface area contributed by atoms with Crippen molar-refractivity contribution in [3.8, 4) is 5.75 Å². The number of hydrogen-bond donors (Lipinski definition) is 0. The van der Waals surface area contributed by atoms with Gasteiger partial charge in [-0.2, -0.15) is 4.98 Å². The summed E-state index contributed by atoms with van der Waals surface area (Å²) in [7, 11) is 1.63. The Morgan fingerprint density at radius 1 is 1.29 bits per heavy atom. The summed E-state index contributed by atoms with van der Waals surface area (Å²) in [5.74, 6) is 2.25. The van der Waals surface area contributed by atoms with Crippen LogP contribution >= 0.6 is 0 Å². The van der Waals surface area contributed by atoms with E-state index < -0.39 is 6.63 Å². The molecule has 1 aliphatic heterocycles. The highest BCUT2D eigenvalue weighted by Crippen LogP contribution is 2.28. The maximum Gasteiger partial charge on any atom is 0.236 e. The lowest BCUT2D eigenvalue weighted by atomic mass is 9.94. The van der Waals surface area contributed by atoms with Crippen LogP contribution in [0.3, 0.4) is 0 Å². The van der Waals surface area contributed by atoms with Crippen LogP contribution in [0.1, 0.15) is 22.0 Å². The molecule has 0 aliphatic carbocycles. The SMILES string of the molecule is [2H]C([2H])([18F])CC1CCN(c2ccn3c(n2)nc2c(OC)cccc23)CC1. The predicted molar refractivity (Wildman–Crippen MR) is 92.6 cm³/mol. The third kappa shape index (κ3) is 2.56. The first-order chi connectivity index (χ1) is 12.4. The van der Waals surface area contributed by atoms with E-state index in [1.54, 1.807) is 7.11 Å². The van der Waals surface area contributed by atoms with E-state index in [9.17, 15) is 4.39 Å². The van der Waals surface area contributed by atoms with Crippen LogP contribution in [0.2, 0.25) is 0 Å². The van der Waals surface area contributed by atoms with Gasteiger partial charge in [-0.3, -0.25) is 8.79 Å². The van der Waals surface area contributed by atoms with Gasteiger partial charge in [0.15, 0.2) is 0 Å². The highest BCUT2D eigenvalue weighted by atomic mass is 18.2. The molecule has 1 saturated heterocycles. The molecular formula is C18H21FN4O. The number of nitrogens with zero attached hydrogens (tertiary/aromatic N) is 4. The third-order valence-corrected chi connectivity index (χ3v) is 4.78. The van der Waals surface area contributed by atoms with Crippen LogP contribution in [0, 0.1) is 5.92 Å². The van der Waals surface area contributed by atoms with Crippen molar-refractivity contribution in [3.63, 3.8) is 0 Å². The Labute approximate surface area is 142 Å². The normalized spacial score (nSPS) is 18.0. The number of alkyl halides is 1. The quantitative estimate of drug-likeness (QED) is 0.735. The maximum absolute atomic E-state index is 13.2. The van der Waals surface area contributed by atoms with Crippen molar-refractivity contribution in [2.24, 2.45) is 5.92 Å². The van der Waals surface area contributed by atoms with E-state index in [1.807, 2.05) is 34.9 Å². The van der Waals surface area contributed by atoms with Gasteiger partial charge in [-0.25, -0.2) is 4.98 Å². The first-order valence-corrected chi connectivity index (χ1v) is 8.20. The van der Waals surface area contributed by atoms with Gasteiger partial charge in [-0.15, -0.1) is 0 Å². The van der Waals surface area contributed by atoms with Gasteiger partial charge >= 0.3 is 0 Å². The standard InChI is InChI=1S/C18H21FN4O/c1-24-15-4-2-3-14-17(15)21-18-20-16(8-12-23(14)18)22-10-6-13(5-9-19)7-11-22/h2-4,8,12-13H,5-7,9-11H2,1H3/i9D2,19-1. The number of aromatic nitrogens is 3. The minimum atomic E-state index is -2.58. The number of hydrogen-bond acceptors (Lipinski definition) is 4. The molecule has 1 fully saturated rings. The largest absolute Gasteiger partial charge is 0.494 e. The van der Waals surface area contributed by atoms with Crippen LogP contribution in [0.25, 0.3) is 16.8 Å². The second-order valence-electron chi connectivity index (χ2n) is 6.16. The van der Waals surface area contributed by atoms with Crippen molar-refractivity contribution in [2.75, 3.05) is 31.7 Å². The zero-order chi connectivity index (χ0) is 18.3. The number of rotatable bonds is 4. The van der Waals surface area contributed by atoms with E-state index in [0.29, 0.717) is 5.78 Å². The first kappa shape index (κ1) is 13.0. The molecule has 0 radical (unpaired) electrons. The highest BCUT2D eigenvalue weighted by Gasteiger charge is 2.20. The zero-order valence-electron chi connectivity index (χ0n) is 15.6. The summed E-state index contributed by atoms with van der Waals surface area (Å²) in [6.07, 6.45) is 3.46. The van der Waals surface area contributed by atoms with Crippen molar-refractivity contribution in [3.05, 3.63) is 30.5 Å². The minimum Gasteiger partial charge on any atom is -0.494 e. The van der Waals surface area contributed by atoms with Crippen LogP contribution in [0.4, 0.5) is 10.2 Å². The van der Waals surface area contributed by atoms with Crippen LogP contribution in [-0.2, 0) is 0 Å². The summed E-state index contributed by atoms with van der Waals surface area (Å²) in [5.41, 5.74) is 1.73. The molecule has 1 aromatic carbocycles. The average molecular weight is 329 g/mol. The molecule has 0 saturated carbocycles. The van der Waals surface area contributed by atoms with Crippen LogP contribution < -0.4 is 9.64 Å². The molecule has 0 unspecified atom stereocenters. The predicted octanol–water partition coefficient (Wildman–Crippen LogP) is 3.47. The maximum atomic E-state index is 13.2. The van der Waals surface area contributed by atoms with E-state index >= 15 is 0 Å². The third-order valence-electron chi connectivity index (χ3n) is 4.78. The number of anilines is 1. The number of ether oxygens (including phenoxy) is 1. The van der Waals surface area contributed by atoms with E-state index in [1.165, 1.54) is 0 Å². The Bertz CT molecular complexity index is 932. The number of para-hydroxylation sites is 1. The van der Waals surface area contributed by atoms with Crippen LogP contribution in [0.5, 0.6) is 5.75 Å². The number of imidazole rings is 1. The fraction of sp³-hybridized carbons (Fsp3) is 0.444. The van der Waals surface area contributed by atoms with E-state index in [2.05, 4.69) is 14.9 Å². The summed E-state index contributed by atoms with van der Waals surface area (Å²) in [6, 6.07) is 7.75. The molecule has 1 aliphatic rings. The second-order valence-corrected chi connectivity index (χ2v) is 6.16. The molecule has 0 N–H and O–H groups in total. The molecule has 6 heteroatoms. The van der Waals surface area contributed by atoms with Crippen molar-refractivity contribution >= 4 is 22.6 Å². The minimum absolute atomic E-state index is 0.0290. The summed E-state index contributed by atoms with van der Waals surface area (Å²) in [6.45, 7) is -1.10. The van der Waals surface area contributed by atoms with E-state index in [4.69, 9.17) is 7.48 Å². The van der Waals surface area contributed by atoms with Crippen LogP contribution in [0.15, 0.2) is 30.5 Å². The average Bonchev–Trinajstić information content (AvgIpc) is 2.98. The monoisotopic (exact) mass is 329 g/mol. The molecule has 24 heavy (non-hydrogen) atoms. The smallest absolute Gasteiger partial charge is 0.236 e. The van der Waals surface area contributed by atoms with E-state index in [0.717, 1.165) is 48.5 Å². The van der Waals surface area contributed by atoms with Crippen molar-refractivity contribution in [1.29, 1.82) is 0 Å². The number of fused-ring (bicyclic) bond motifs is 3. The molecule has 0 atom stereocenters. The van der Waals surface area contributed by atoms with E-state index in [-0.39, 0.29) is 12.3 Å². The molecule has 3 heterocycles. The van der Waals surface area contributed by atoms with Crippen molar-refractivity contribution in [2.45, 2.75) is 19.3 Å². The zero-order valence-corrected chi connectivity index (χ0v) is 13.6. The Morgan fingerprint density at radius 2 is 2.12 bits per heavy atom. The number of halogens is 1. The topological polar surface area (TPSA) is 42.7 Å². The lowest BCUT2D eigenvalue weighted by Gasteiger charge is -2.32. The van der Waals surface area contributed by atoms with Gasteiger partial charge in [-0.1, -0.05) is 6.07 Å². The lowest BCUT2D eigenvalue weighted by molar-refractivity contribution is 0.332. The van der Waals surface area contributed by atoms with Gasteiger partial charge in [0, 0.05) is 19.3 Å². The molecule has 4 rings (SSSR count). The van der Waals surface area contributed by atoms with Gasteiger partial charge in [0.1, 0.15) is 17.1 Å². The fourth-order valence-corrected chi connectivity index (χ4v) is 3.40. The van der Waals surface area contributed by atoms with Crippen LogP contribution in [-0.4, -0.2) is 41.2 Å². The number of benzene rings is 1. The Kier molecular flexibility index (Phi) is 3.39. The molecule has 3 aromatic rings. The molecular weight excluding hydrogens is 306 g/mol. The molecule has 0 spiro atoms. The van der Waals surface area contributed by atoms with Crippen molar-refractivity contribution < 1.29 is 11.9 Å². The van der Waals surface area contributed by atoms with Gasteiger partial charge in [0.2, 0.25) is 5.78 Å².